The molecule has 2 aromatic rings. The van der Waals surface area contributed by atoms with Gasteiger partial charge in [-0.2, -0.15) is 0 Å². The monoisotopic (exact) mass is 345 g/mol. The van der Waals surface area contributed by atoms with Crippen LogP contribution in [0.2, 0.25) is 5.02 Å². The summed E-state index contributed by atoms with van der Waals surface area (Å²) < 4.78 is 26.8. The van der Waals surface area contributed by atoms with Gasteiger partial charge in [-0.25, -0.2) is 8.78 Å². The predicted molar refractivity (Wildman–Crippen MR) is 73.5 cm³/mol. The topological polar surface area (TPSA) is 29.1 Å². The van der Waals surface area contributed by atoms with Crippen molar-refractivity contribution in [2.24, 2.45) is 0 Å². The fraction of sp³-hybridized carbons (Fsp3) is 0. The second kappa shape index (κ2) is 5.67. The van der Waals surface area contributed by atoms with Gasteiger partial charge in [0.15, 0.2) is 0 Å². The first-order valence-electron chi connectivity index (χ1n) is 5.19. The van der Waals surface area contributed by atoms with Crippen molar-refractivity contribution < 1.29 is 13.6 Å². The highest BCUT2D eigenvalue weighted by atomic mass is 79.9. The highest BCUT2D eigenvalue weighted by Crippen LogP contribution is 2.24. The Kier molecular flexibility index (Phi) is 4.17. The van der Waals surface area contributed by atoms with Crippen LogP contribution in [0.4, 0.5) is 14.5 Å². The zero-order valence-electron chi connectivity index (χ0n) is 9.38. The number of halogens is 4. The van der Waals surface area contributed by atoms with Gasteiger partial charge in [0.25, 0.3) is 5.91 Å². The van der Waals surface area contributed by atoms with Crippen LogP contribution in [-0.2, 0) is 0 Å². The molecule has 1 amide bonds. The lowest BCUT2D eigenvalue weighted by Gasteiger charge is -2.08. The van der Waals surface area contributed by atoms with Crippen molar-refractivity contribution in [3.63, 3.8) is 0 Å². The van der Waals surface area contributed by atoms with Gasteiger partial charge in [0.1, 0.15) is 11.6 Å². The van der Waals surface area contributed by atoms with Crippen molar-refractivity contribution in [1.29, 1.82) is 0 Å². The summed E-state index contributed by atoms with van der Waals surface area (Å²) in [5, 5.41) is 2.51. The lowest BCUT2D eigenvalue weighted by atomic mass is 10.2. The van der Waals surface area contributed by atoms with Gasteiger partial charge in [-0.05, 0) is 34.1 Å². The minimum absolute atomic E-state index is 0.0132. The first-order valence-corrected chi connectivity index (χ1v) is 6.36. The molecule has 0 atom stereocenters. The van der Waals surface area contributed by atoms with Crippen LogP contribution in [-0.4, -0.2) is 5.91 Å². The van der Waals surface area contributed by atoms with Crippen molar-refractivity contribution in [1.82, 2.24) is 0 Å². The number of amides is 1. The summed E-state index contributed by atoms with van der Waals surface area (Å²) in [5.41, 5.74) is -0.0579. The molecule has 0 spiro atoms. The zero-order chi connectivity index (χ0) is 14.0. The van der Waals surface area contributed by atoms with E-state index in [2.05, 4.69) is 21.2 Å². The molecule has 2 aromatic carbocycles. The summed E-state index contributed by atoms with van der Waals surface area (Å²) in [6, 6.07) is 8.16. The van der Waals surface area contributed by atoms with Crippen LogP contribution in [0.25, 0.3) is 0 Å². The third-order valence-electron chi connectivity index (χ3n) is 2.38. The molecule has 0 aromatic heterocycles. The first kappa shape index (κ1) is 14.0. The van der Waals surface area contributed by atoms with Gasteiger partial charge in [-0.1, -0.05) is 23.7 Å². The van der Waals surface area contributed by atoms with E-state index in [9.17, 15) is 13.6 Å². The van der Waals surface area contributed by atoms with Gasteiger partial charge in [0.2, 0.25) is 0 Å². The van der Waals surface area contributed by atoms with Crippen LogP contribution in [0.3, 0.4) is 0 Å². The first-order chi connectivity index (χ1) is 8.99. The average molecular weight is 347 g/mol. The molecule has 1 N–H and O–H groups in total. The van der Waals surface area contributed by atoms with Crippen LogP contribution < -0.4 is 5.32 Å². The molecule has 6 heteroatoms. The normalized spacial score (nSPS) is 10.3. The van der Waals surface area contributed by atoms with Crippen LogP contribution >= 0.6 is 27.5 Å². The molecule has 98 valence electrons. The SMILES string of the molecule is O=C(Nc1cc(F)c(Br)cc1F)c1ccccc1Cl. The fourth-order valence-electron chi connectivity index (χ4n) is 1.45. The number of carbonyl (C=O) groups is 1. The van der Waals surface area contributed by atoms with Crippen molar-refractivity contribution in [2.45, 2.75) is 0 Å². The van der Waals surface area contributed by atoms with Crippen molar-refractivity contribution >= 4 is 39.1 Å². The standard InChI is InChI=1S/C13H7BrClF2NO/c14-8-5-11(17)12(6-10(8)16)18-13(19)7-3-1-2-4-9(7)15/h1-6H,(H,18,19). The Labute approximate surface area is 121 Å². The van der Waals surface area contributed by atoms with E-state index in [1.54, 1.807) is 12.1 Å². The summed E-state index contributed by atoms with van der Waals surface area (Å²) >= 11 is 8.70. The molecular formula is C13H7BrClF2NO. The molecule has 19 heavy (non-hydrogen) atoms. The molecular weight excluding hydrogens is 340 g/mol. The molecule has 0 radical (unpaired) electrons. The molecule has 0 aliphatic carbocycles. The Morgan fingerprint density at radius 1 is 1.16 bits per heavy atom. The molecule has 2 nitrogen and oxygen atoms in total. The smallest absolute Gasteiger partial charge is 0.257 e. The molecule has 0 saturated carbocycles. The number of hydrogen-bond donors (Lipinski definition) is 1. The molecule has 0 aliphatic heterocycles. The lowest BCUT2D eigenvalue weighted by molar-refractivity contribution is 0.102. The summed E-state index contributed by atoms with van der Waals surface area (Å²) in [6.07, 6.45) is 0. The summed E-state index contributed by atoms with van der Waals surface area (Å²) in [4.78, 5) is 11.9. The molecule has 0 heterocycles. The van der Waals surface area contributed by atoms with E-state index < -0.39 is 17.5 Å². The lowest BCUT2D eigenvalue weighted by Crippen LogP contribution is -2.13. The zero-order valence-corrected chi connectivity index (χ0v) is 11.7. The second-order valence-electron chi connectivity index (χ2n) is 3.68. The number of nitrogens with one attached hydrogen (secondary N) is 1. The van der Waals surface area contributed by atoms with Gasteiger partial charge in [0, 0.05) is 6.07 Å². The fourth-order valence-corrected chi connectivity index (χ4v) is 1.99. The minimum Gasteiger partial charge on any atom is -0.319 e. The summed E-state index contributed by atoms with van der Waals surface area (Å²) in [5.74, 6) is -2.02. The molecule has 0 bridgehead atoms. The Morgan fingerprint density at radius 2 is 1.84 bits per heavy atom. The van der Waals surface area contributed by atoms with Gasteiger partial charge in [0.05, 0.1) is 20.7 Å². The molecule has 0 unspecified atom stereocenters. The Hall–Kier alpha value is -1.46. The van der Waals surface area contributed by atoms with E-state index in [1.165, 1.54) is 12.1 Å². The summed E-state index contributed by atoms with van der Waals surface area (Å²) in [6.45, 7) is 0. The molecule has 0 aliphatic rings. The quantitative estimate of drug-likeness (QED) is 0.789. The van der Waals surface area contributed by atoms with Crippen molar-refractivity contribution in [3.05, 3.63) is 63.1 Å². The molecule has 0 fully saturated rings. The Balaban J connectivity index is 2.30. The van der Waals surface area contributed by atoms with Crippen LogP contribution in [0.5, 0.6) is 0 Å². The Bertz CT molecular complexity index is 649. The maximum Gasteiger partial charge on any atom is 0.257 e. The second-order valence-corrected chi connectivity index (χ2v) is 4.94. The van der Waals surface area contributed by atoms with Gasteiger partial charge >= 0.3 is 0 Å². The summed E-state index contributed by atoms with van der Waals surface area (Å²) in [7, 11) is 0. The number of carbonyl (C=O) groups excluding carboxylic acids is 1. The van der Waals surface area contributed by atoms with Crippen LogP contribution in [0, 0.1) is 11.6 Å². The highest BCUT2D eigenvalue weighted by molar-refractivity contribution is 9.10. The van der Waals surface area contributed by atoms with E-state index in [1.807, 2.05) is 0 Å². The van der Waals surface area contributed by atoms with Crippen molar-refractivity contribution in [3.8, 4) is 0 Å². The average Bonchev–Trinajstić information content (AvgIpc) is 2.36. The Morgan fingerprint density at radius 3 is 2.53 bits per heavy atom. The van der Waals surface area contributed by atoms with Crippen LogP contribution in [0.15, 0.2) is 40.9 Å². The van der Waals surface area contributed by atoms with E-state index in [4.69, 9.17) is 11.6 Å². The third-order valence-corrected chi connectivity index (χ3v) is 3.31. The number of rotatable bonds is 2. The van der Waals surface area contributed by atoms with Crippen LogP contribution in [0.1, 0.15) is 10.4 Å². The molecule has 2 rings (SSSR count). The number of benzene rings is 2. The molecule has 0 saturated heterocycles. The maximum atomic E-state index is 13.6. The predicted octanol–water partition coefficient (Wildman–Crippen LogP) is 4.63. The number of hydrogen-bond acceptors (Lipinski definition) is 1. The van der Waals surface area contributed by atoms with E-state index >= 15 is 0 Å². The van der Waals surface area contributed by atoms with Crippen molar-refractivity contribution in [2.75, 3.05) is 5.32 Å². The van der Waals surface area contributed by atoms with E-state index in [0.717, 1.165) is 12.1 Å². The van der Waals surface area contributed by atoms with Gasteiger partial charge < -0.3 is 5.32 Å². The number of anilines is 1. The maximum absolute atomic E-state index is 13.6. The highest BCUT2D eigenvalue weighted by Gasteiger charge is 2.14. The van der Waals surface area contributed by atoms with Gasteiger partial charge in [-0.15, -0.1) is 0 Å². The minimum atomic E-state index is -0.742. The van der Waals surface area contributed by atoms with Gasteiger partial charge in [-0.3, -0.25) is 4.79 Å². The third kappa shape index (κ3) is 3.11. The van der Waals surface area contributed by atoms with E-state index in [0.29, 0.717) is 0 Å². The van der Waals surface area contributed by atoms with E-state index in [-0.39, 0.29) is 20.7 Å². The largest absolute Gasteiger partial charge is 0.319 e.